The zero-order valence-electron chi connectivity index (χ0n) is 25.2. The van der Waals surface area contributed by atoms with Crippen LogP contribution >= 0.6 is 31.9 Å². The first kappa shape index (κ1) is 33.8. The molecule has 2 atom stereocenters. The van der Waals surface area contributed by atoms with Crippen LogP contribution in [0.3, 0.4) is 0 Å². The minimum Gasteiger partial charge on any atom is -0.443 e. The quantitative estimate of drug-likeness (QED) is 0.205. The standard InChI is InChI=1S/C15H14BrN3O2.C10H9N3O2.C8H9BrN2/c16-12-6-8-18-14-11(12)4-5-13(14)19-15(20)21-9-10-3-1-2-7-17-10;14-10(13-6-5-11-8-13)15-7-9-3-1-2-4-12-9;9-6-3-4-11-8-5(6)1-2-7(8)10/h1-3,6-8,13H,4-5,9H2,(H,19,20);1-6,8H,7H2;3-4,7H,1-2,10H2. The normalized spacial score (nSPS) is 15.6. The van der Waals surface area contributed by atoms with E-state index in [1.807, 2.05) is 36.4 Å². The molecule has 0 aromatic carbocycles. The number of hydrogen-bond donors (Lipinski definition) is 2. The number of nitrogens with zero attached hydrogens (tertiary/aromatic N) is 6. The third-order valence-electron chi connectivity index (χ3n) is 7.29. The minimum atomic E-state index is -0.460. The maximum Gasteiger partial charge on any atom is 0.419 e. The Hall–Kier alpha value is -4.53. The lowest BCUT2D eigenvalue weighted by molar-refractivity contribution is 0.134. The van der Waals surface area contributed by atoms with Crippen molar-refractivity contribution >= 4 is 44.0 Å². The van der Waals surface area contributed by atoms with Crippen LogP contribution in [0.2, 0.25) is 0 Å². The topological polar surface area (TPSA) is 160 Å². The van der Waals surface area contributed by atoms with E-state index in [4.69, 9.17) is 15.2 Å². The number of nitrogens with one attached hydrogen (secondary N) is 1. The van der Waals surface area contributed by atoms with E-state index in [2.05, 4.69) is 62.1 Å². The van der Waals surface area contributed by atoms with Crippen LogP contribution in [0.15, 0.2) is 101 Å². The molecular formula is C33H32Br2N8O4. The summed E-state index contributed by atoms with van der Waals surface area (Å²) in [5, 5.41) is 2.86. The highest BCUT2D eigenvalue weighted by Gasteiger charge is 2.27. The van der Waals surface area contributed by atoms with Gasteiger partial charge in [-0.3, -0.25) is 19.9 Å². The Labute approximate surface area is 288 Å². The third kappa shape index (κ3) is 9.50. The highest BCUT2D eigenvalue weighted by Crippen LogP contribution is 2.34. The average Bonchev–Trinajstić information content (AvgIpc) is 3.87. The number of fused-ring (bicyclic) bond motifs is 2. The Bertz CT molecular complexity index is 1760. The molecule has 1 amide bonds. The summed E-state index contributed by atoms with van der Waals surface area (Å²) < 4.78 is 13.6. The van der Waals surface area contributed by atoms with Crippen molar-refractivity contribution in [1.29, 1.82) is 0 Å². The van der Waals surface area contributed by atoms with Crippen LogP contribution in [-0.2, 0) is 35.5 Å². The van der Waals surface area contributed by atoms with Gasteiger partial charge in [-0.25, -0.2) is 19.1 Å². The molecule has 0 fully saturated rings. The Kier molecular flexibility index (Phi) is 12.1. The van der Waals surface area contributed by atoms with Crippen LogP contribution in [0.1, 0.15) is 58.8 Å². The Balaban J connectivity index is 0.000000146. The number of carbonyl (C=O) groups excluding carboxylic acids is 2. The number of ether oxygens (including phenoxy) is 2. The van der Waals surface area contributed by atoms with Crippen molar-refractivity contribution in [1.82, 2.24) is 34.8 Å². The summed E-state index contributed by atoms with van der Waals surface area (Å²) in [6, 6.07) is 14.9. The monoisotopic (exact) mass is 762 g/mol. The van der Waals surface area contributed by atoms with E-state index in [0.29, 0.717) is 5.69 Å². The molecular weight excluding hydrogens is 732 g/mol. The molecule has 14 heteroatoms. The van der Waals surface area contributed by atoms with Crippen molar-refractivity contribution in [2.24, 2.45) is 5.73 Å². The Morgan fingerprint density at radius 1 is 0.787 bits per heavy atom. The molecule has 242 valence electrons. The highest BCUT2D eigenvalue weighted by atomic mass is 79.9. The lowest BCUT2D eigenvalue weighted by Gasteiger charge is -2.13. The van der Waals surface area contributed by atoms with Gasteiger partial charge in [-0.05, 0) is 73.2 Å². The van der Waals surface area contributed by atoms with E-state index in [1.165, 1.54) is 28.9 Å². The van der Waals surface area contributed by atoms with Crippen molar-refractivity contribution in [3.8, 4) is 0 Å². The number of alkyl carbamates (subject to hydrolysis) is 1. The fourth-order valence-electron chi connectivity index (χ4n) is 4.95. The molecule has 2 aliphatic carbocycles. The first-order valence-corrected chi connectivity index (χ1v) is 16.4. The molecule has 0 aliphatic heterocycles. The molecule has 5 heterocycles. The summed E-state index contributed by atoms with van der Waals surface area (Å²) in [4.78, 5) is 43.7. The van der Waals surface area contributed by atoms with Crippen LogP contribution in [0, 0.1) is 0 Å². The van der Waals surface area contributed by atoms with Crippen molar-refractivity contribution in [2.75, 3.05) is 0 Å². The number of aromatic nitrogens is 6. The average molecular weight is 764 g/mol. The fourth-order valence-corrected chi connectivity index (χ4v) is 5.99. The highest BCUT2D eigenvalue weighted by molar-refractivity contribution is 9.10. The van der Waals surface area contributed by atoms with E-state index in [1.54, 1.807) is 36.9 Å². The number of nitrogens with two attached hydrogens (primary N) is 1. The molecule has 12 nitrogen and oxygen atoms in total. The lowest BCUT2D eigenvalue weighted by Crippen LogP contribution is -2.28. The molecule has 0 spiro atoms. The number of imidazole rings is 1. The van der Waals surface area contributed by atoms with Crippen molar-refractivity contribution in [2.45, 2.75) is 51.0 Å². The molecule has 0 bridgehead atoms. The molecule has 2 aliphatic rings. The molecule has 47 heavy (non-hydrogen) atoms. The predicted molar refractivity (Wildman–Crippen MR) is 180 cm³/mol. The SMILES string of the molecule is NC1CCc2c(Br)ccnc21.O=C(NC1CCc2c(Br)ccnc21)OCc1ccccn1.O=C(OCc1ccccn1)n1ccnc1. The second-order valence-corrected chi connectivity index (χ2v) is 12.1. The van der Waals surface area contributed by atoms with Gasteiger partial charge >= 0.3 is 12.2 Å². The minimum absolute atomic E-state index is 0.0891. The number of hydrogen-bond acceptors (Lipinski definition) is 10. The second-order valence-electron chi connectivity index (χ2n) is 10.4. The number of carbonyl (C=O) groups is 2. The molecule has 0 radical (unpaired) electrons. The molecule has 5 aromatic heterocycles. The zero-order chi connectivity index (χ0) is 33.0. The van der Waals surface area contributed by atoms with Gasteiger partial charge in [0.2, 0.25) is 0 Å². The maximum atomic E-state index is 11.9. The van der Waals surface area contributed by atoms with Crippen LogP contribution in [0.25, 0.3) is 0 Å². The van der Waals surface area contributed by atoms with Gasteiger partial charge in [-0.15, -0.1) is 0 Å². The number of halogens is 2. The largest absolute Gasteiger partial charge is 0.443 e. The first-order chi connectivity index (χ1) is 22.9. The maximum absolute atomic E-state index is 11.9. The van der Waals surface area contributed by atoms with E-state index < -0.39 is 12.2 Å². The van der Waals surface area contributed by atoms with Gasteiger partial charge in [0.15, 0.2) is 0 Å². The van der Waals surface area contributed by atoms with Crippen LogP contribution in [0.5, 0.6) is 0 Å². The van der Waals surface area contributed by atoms with Gasteiger partial charge in [-0.1, -0.05) is 44.0 Å². The van der Waals surface area contributed by atoms with Crippen molar-refractivity contribution < 1.29 is 19.1 Å². The Morgan fingerprint density at radius 3 is 2.00 bits per heavy atom. The van der Waals surface area contributed by atoms with E-state index in [0.717, 1.165) is 57.3 Å². The van der Waals surface area contributed by atoms with Gasteiger partial charge < -0.3 is 20.5 Å². The molecule has 2 unspecified atom stereocenters. The van der Waals surface area contributed by atoms with E-state index >= 15 is 0 Å². The van der Waals surface area contributed by atoms with E-state index in [-0.39, 0.29) is 25.3 Å². The van der Waals surface area contributed by atoms with Crippen molar-refractivity contribution in [3.63, 3.8) is 0 Å². The number of amides is 1. The lowest BCUT2D eigenvalue weighted by atomic mass is 10.2. The van der Waals surface area contributed by atoms with Crippen LogP contribution < -0.4 is 11.1 Å². The fraction of sp³-hybridized carbons (Fsp3) is 0.242. The summed E-state index contributed by atoms with van der Waals surface area (Å²) in [6.07, 6.45) is 14.2. The molecule has 0 saturated carbocycles. The Morgan fingerprint density at radius 2 is 1.40 bits per heavy atom. The molecule has 3 N–H and O–H groups in total. The number of pyridine rings is 4. The second kappa shape index (κ2) is 16.9. The zero-order valence-corrected chi connectivity index (χ0v) is 28.4. The summed E-state index contributed by atoms with van der Waals surface area (Å²) in [5.41, 5.74) is 11.7. The summed E-state index contributed by atoms with van der Waals surface area (Å²) in [7, 11) is 0. The number of rotatable bonds is 5. The van der Waals surface area contributed by atoms with Gasteiger partial charge in [-0.2, -0.15) is 0 Å². The molecule has 0 saturated heterocycles. The first-order valence-electron chi connectivity index (χ1n) is 14.8. The van der Waals surface area contributed by atoms with Gasteiger partial charge in [0.1, 0.15) is 19.5 Å². The predicted octanol–water partition coefficient (Wildman–Crippen LogP) is 6.41. The van der Waals surface area contributed by atoms with Crippen molar-refractivity contribution in [3.05, 3.63) is 135 Å². The smallest absolute Gasteiger partial charge is 0.419 e. The summed E-state index contributed by atoms with van der Waals surface area (Å²) >= 11 is 6.99. The van der Waals surface area contributed by atoms with Gasteiger partial charge in [0.05, 0.1) is 28.8 Å². The van der Waals surface area contributed by atoms with Gasteiger partial charge in [0, 0.05) is 52.2 Å². The molecule has 7 rings (SSSR count). The van der Waals surface area contributed by atoms with Gasteiger partial charge in [0.25, 0.3) is 0 Å². The third-order valence-corrected chi connectivity index (χ3v) is 8.77. The van der Waals surface area contributed by atoms with Crippen LogP contribution in [0.4, 0.5) is 9.59 Å². The summed E-state index contributed by atoms with van der Waals surface area (Å²) in [6.45, 7) is 0.329. The molecule has 5 aromatic rings. The van der Waals surface area contributed by atoms with Crippen LogP contribution in [-0.4, -0.2) is 41.7 Å². The summed E-state index contributed by atoms with van der Waals surface area (Å²) in [5.74, 6) is 0. The van der Waals surface area contributed by atoms with E-state index in [9.17, 15) is 9.59 Å².